The Morgan fingerprint density at radius 3 is 2.41 bits per heavy atom. The minimum absolute atomic E-state index is 0.0371. The Bertz CT molecular complexity index is 594. The number of nitrogens with zero attached hydrogens (tertiary/aromatic N) is 1. The number of carbonyl (C=O) groups excluding carboxylic acids is 1. The zero-order valence-electron chi connectivity index (χ0n) is 12.9. The predicted molar refractivity (Wildman–Crippen MR) is 84.3 cm³/mol. The number of carbonyl (C=O) groups is 1. The summed E-state index contributed by atoms with van der Waals surface area (Å²) in [7, 11) is 0. The normalized spacial score (nSPS) is 35.5. The van der Waals surface area contributed by atoms with Crippen molar-refractivity contribution in [3.8, 4) is 0 Å². The second-order valence-electron chi connectivity index (χ2n) is 7.51. The number of aryl methyl sites for hydroxylation is 1. The van der Waals surface area contributed by atoms with E-state index in [1.54, 1.807) is 16.8 Å². The third-order valence-corrected chi connectivity index (χ3v) is 6.03. The topological polar surface area (TPSA) is 51.1 Å². The van der Waals surface area contributed by atoms with E-state index in [9.17, 15) is 9.59 Å². The monoisotopic (exact) mass is 300 g/mol. The van der Waals surface area contributed by atoms with E-state index in [1.807, 2.05) is 6.07 Å². The molecule has 0 unspecified atom stereocenters. The molecule has 1 N–H and O–H groups in total. The standard InChI is InChI=1S/C18H24N2O2/c21-16(4-6-20-5-2-1-3-17(20)22)19-18-14-8-12-7-13(10-14)11-15(18)9-12/h1-3,5,12-15,18H,4,6-11H2,(H,19,21). The summed E-state index contributed by atoms with van der Waals surface area (Å²) in [6, 6.07) is 5.49. The van der Waals surface area contributed by atoms with Crippen LogP contribution in [0.2, 0.25) is 0 Å². The van der Waals surface area contributed by atoms with Crippen molar-refractivity contribution in [3.05, 3.63) is 34.7 Å². The molecule has 1 amide bonds. The number of hydrogen-bond donors (Lipinski definition) is 1. The molecule has 0 radical (unpaired) electrons. The first-order valence-corrected chi connectivity index (χ1v) is 8.64. The molecule has 4 bridgehead atoms. The first-order valence-electron chi connectivity index (χ1n) is 8.64. The smallest absolute Gasteiger partial charge is 0.250 e. The minimum atomic E-state index is -0.0371. The zero-order chi connectivity index (χ0) is 15.1. The van der Waals surface area contributed by atoms with Crippen LogP contribution in [-0.4, -0.2) is 16.5 Å². The van der Waals surface area contributed by atoms with Gasteiger partial charge in [0.15, 0.2) is 0 Å². The molecule has 1 heterocycles. The van der Waals surface area contributed by atoms with Gasteiger partial charge in [-0.05, 0) is 61.8 Å². The minimum Gasteiger partial charge on any atom is -0.353 e. The Kier molecular flexibility index (Phi) is 3.55. The molecule has 0 aliphatic heterocycles. The summed E-state index contributed by atoms with van der Waals surface area (Å²) in [6.45, 7) is 0.471. The molecule has 22 heavy (non-hydrogen) atoms. The highest BCUT2D eigenvalue weighted by atomic mass is 16.2. The Labute approximate surface area is 130 Å². The van der Waals surface area contributed by atoms with Gasteiger partial charge in [-0.25, -0.2) is 0 Å². The van der Waals surface area contributed by atoms with E-state index in [2.05, 4.69) is 5.32 Å². The Hall–Kier alpha value is -1.58. The van der Waals surface area contributed by atoms with E-state index in [-0.39, 0.29) is 11.5 Å². The fourth-order valence-electron chi connectivity index (χ4n) is 5.29. The number of rotatable bonds is 4. The van der Waals surface area contributed by atoms with Crippen LogP contribution < -0.4 is 10.9 Å². The maximum Gasteiger partial charge on any atom is 0.250 e. The largest absolute Gasteiger partial charge is 0.353 e. The highest BCUT2D eigenvalue weighted by Gasteiger charge is 2.48. The SMILES string of the molecule is O=C(CCn1ccccc1=O)NC1C2CC3CC(C2)CC1C3. The first kappa shape index (κ1) is 14.0. The lowest BCUT2D eigenvalue weighted by Crippen LogP contribution is -2.55. The van der Waals surface area contributed by atoms with Gasteiger partial charge in [0.2, 0.25) is 5.91 Å². The third-order valence-electron chi connectivity index (χ3n) is 6.03. The highest BCUT2D eigenvalue weighted by Crippen LogP contribution is 2.53. The summed E-state index contributed by atoms with van der Waals surface area (Å²) in [6.07, 6.45) is 8.84. The van der Waals surface area contributed by atoms with Gasteiger partial charge < -0.3 is 9.88 Å². The van der Waals surface area contributed by atoms with Gasteiger partial charge in [-0.15, -0.1) is 0 Å². The van der Waals surface area contributed by atoms with E-state index in [1.165, 1.54) is 38.2 Å². The molecule has 1 aromatic heterocycles. The number of nitrogens with one attached hydrogen (secondary N) is 1. The molecule has 0 saturated heterocycles. The van der Waals surface area contributed by atoms with Crippen molar-refractivity contribution in [2.45, 2.75) is 51.1 Å². The molecule has 4 nitrogen and oxygen atoms in total. The van der Waals surface area contributed by atoms with Crippen LogP contribution in [0.5, 0.6) is 0 Å². The lowest BCUT2D eigenvalue weighted by atomic mass is 9.54. The van der Waals surface area contributed by atoms with E-state index in [0.29, 0.717) is 30.8 Å². The van der Waals surface area contributed by atoms with Crippen molar-refractivity contribution in [1.82, 2.24) is 9.88 Å². The molecule has 1 aromatic rings. The van der Waals surface area contributed by atoms with Crippen LogP contribution in [-0.2, 0) is 11.3 Å². The maximum absolute atomic E-state index is 12.3. The Morgan fingerprint density at radius 1 is 1.09 bits per heavy atom. The molecule has 4 fully saturated rings. The molecule has 4 aliphatic carbocycles. The molecule has 4 heteroatoms. The summed E-state index contributed by atoms with van der Waals surface area (Å²) < 4.78 is 1.61. The average Bonchev–Trinajstić information content (AvgIpc) is 2.49. The van der Waals surface area contributed by atoms with Crippen LogP contribution in [0.25, 0.3) is 0 Å². The molecule has 0 spiro atoms. The second kappa shape index (κ2) is 5.56. The van der Waals surface area contributed by atoms with Gasteiger partial charge in [0.25, 0.3) is 5.56 Å². The van der Waals surface area contributed by atoms with Crippen molar-refractivity contribution in [1.29, 1.82) is 0 Å². The van der Waals surface area contributed by atoms with Gasteiger partial charge in [0, 0.05) is 31.3 Å². The van der Waals surface area contributed by atoms with Crippen molar-refractivity contribution in [3.63, 3.8) is 0 Å². The lowest BCUT2D eigenvalue weighted by molar-refractivity contribution is -0.125. The maximum atomic E-state index is 12.3. The summed E-state index contributed by atoms with van der Waals surface area (Å²) >= 11 is 0. The molecular formula is C18H24N2O2. The number of amides is 1. The van der Waals surface area contributed by atoms with E-state index in [0.717, 1.165) is 11.8 Å². The van der Waals surface area contributed by atoms with Crippen molar-refractivity contribution in [2.75, 3.05) is 0 Å². The molecule has 118 valence electrons. The van der Waals surface area contributed by atoms with Crippen LogP contribution in [0.3, 0.4) is 0 Å². The van der Waals surface area contributed by atoms with Crippen molar-refractivity contribution < 1.29 is 4.79 Å². The van der Waals surface area contributed by atoms with Gasteiger partial charge in [-0.3, -0.25) is 9.59 Å². The summed E-state index contributed by atoms with van der Waals surface area (Å²) in [4.78, 5) is 23.9. The Morgan fingerprint density at radius 2 is 1.77 bits per heavy atom. The van der Waals surface area contributed by atoms with Crippen LogP contribution in [0, 0.1) is 23.7 Å². The second-order valence-corrected chi connectivity index (χ2v) is 7.51. The van der Waals surface area contributed by atoms with Gasteiger partial charge in [0.05, 0.1) is 0 Å². The summed E-state index contributed by atoms with van der Waals surface area (Å²) in [5.74, 6) is 3.38. The van der Waals surface area contributed by atoms with Crippen molar-refractivity contribution in [2.24, 2.45) is 23.7 Å². The molecule has 0 aromatic carbocycles. The zero-order valence-corrected chi connectivity index (χ0v) is 12.9. The molecule has 0 atom stereocenters. The Balaban J connectivity index is 1.35. The molecule has 5 rings (SSSR count). The lowest BCUT2D eigenvalue weighted by Gasteiger charge is -2.54. The predicted octanol–water partition coefficient (Wildman–Crippen LogP) is 2.18. The quantitative estimate of drug-likeness (QED) is 0.926. The fourth-order valence-corrected chi connectivity index (χ4v) is 5.29. The average molecular weight is 300 g/mol. The highest BCUT2D eigenvalue weighted by molar-refractivity contribution is 5.76. The van der Waals surface area contributed by atoms with E-state index >= 15 is 0 Å². The first-order chi connectivity index (χ1) is 10.7. The van der Waals surface area contributed by atoms with Crippen LogP contribution in [0.4, 0.5) is 0 Å². The number of hydrogen-bond acceptors (Lipinski definition) is 2. The van der Waals surface area contributed by atoms with E-state index in [4.69, 9.17) is 0 Å². The number of aromatic nitrogens is 1. The van der Waals surface area contributed by atoms with Gasteiger partial charge in [0.1, 0.15) is 0 Å². The van der Waals surface area contributed by atoms with Crippen LogP contribution in [0.1, 0.15) is 38.5 Å². The fraction of sp³-hybridized carbons (Fsp3) is 0.667. The number of pyridine rings is 1. The van der Waals surface area contributed by atoms with Crippen LogP contribution >= 0.6 is 0 Å². The molecule has 4 aliphatic rings. The third kappa shape index (κ3) is 2.59. The van der Waals surface area contributed by atoms with E-state index < -0.39 is 0 Å². The van der Waals surface area contributed by atoms with Gasteiger partial charge >= 0.3 is 0 Å². The van der Waals surface area contributed by atoms with Gasteiger partial charge in [-0.2, -0.15) is 0 Å². The molecular weight excluding hydrogens is 276 g/mol. The van der Waals surface area contributed by atoms with Crippen molar-refractivity contribution >= 4 is 5.91 Å². The summed E-state index contributed by atoms with van der Waals surface area (Å²) in [5.41, 5.74) is -0.0371. The van der Waals surface area contributed by atoms with Crippen LogP contribution in [0.15, 0.2) is 29.2 Å². The summed E-state index contributed by atoms with van der Waals surface area (Å²) in [5, 5.41) is 3.30. The van der Waals surface area contributed by atoms with Gasteiger partial charge in [-0.1, -0.05) is 6.07 Å². The molecule has 4 saturated carbocycles.